The number of aromatic nitrogens is 5. The Morgan fingerprint density at radius 2 is 2.00 bits per heavy atom. The molecule has 0 aliphatic heterocycles. The minimum absolute atomic E-state index is 0.254. The largest absolute Gasteiger partial charge is 0.383 e. The number of hydrogen-bond donors (Lipinski definition) is 1. The lowest BCUT2D eigenvalue weighted by Crippen LogP contribution is -2.28. The summed E-state index contributed by atoms with van der Waals surface area (Å²) in [7, 11) is 1.57. The molecule has 1 N–H and O–H groups in total. The smallest absolute Gasteiger partial charge is 0.273 e. The van der Waals surface area contributed by atoms with E-state index in [4.69, 9.17) is 16.3 Å². The highest BCUT2D eigenvalue weighted by Crippen LogP contribution is 2.23. The van der Waals surface area contributed by atoms with Gasteiger partial charge in [0.15, 0.2) is 10.9 Å². The van der Waals surface area contributed by atoms with E-state index in [0.29, 0.717) is 34.8 Å². The molecule has 0 bridgehead atoms. The minimum atomic E-state index is -0.308. The SMILES string of the molecule is COCCNC(=O)c1nnn(-c2ccc(Cl)cc2)c1CSc1ncccn1. The fourth-order valence-electron chi connectivity index (χ4n) is 2.24. The van der Waals surface area contributed by atoms with E-state index in [9.17, 15) is 4.79 Å². The standard InChI is InChI=1S/C17H17ClN6O2S/c1-26-10-9-19-16(25)15-14(11-27-17-20-7-2-8-21-17)24(23-22-15)13-5-3-12(18)4-6-13/h2-8H,9-11H2,1H3,(H,19,25). The number of thioether (sulfide) groups is 1. The first-order valence-corrected chi connectivity index (χ1v) is 9.43. The summed E-state index contributed by atoms with van der Waals surface area (Å²) in [6.45, 7) is 0.802. The topological polar surface area (TPSA) is 94.8 Å². The molecular weight excluding hydrogens is 388 g/mol. The molecule has 1 amide bonds. The van der Waals surface area contributed by atoms with Crippen LogP contribution in [-0.4, -0.2) is 51.1 Å². The molecule has 0 aliphatic rings. The van der Waals surface area contributed by atoms with E-state index < -0.39 is 0 Å². The van der Waals surface area contributed by atoms with E-state index in [-0.39, 0.29) is 11.6 Å². The Morgan fingerprint density at radius 1 is 1.26 bits per heavy atom. The van der Waals surface area contributed by atoms with Crippen LogP contribution in [0.15, 0.2) is 47.9 Å². The normalized spacial score (nSPS) is 10.7. The number of nitrogens with zero attached hydrogens (tertiary/aromatic N) is 5. The highest BCUT2D eigenvalue weighted by atomic mass is 35.5. The summed E-state index contributed by atoms with van der Waals surface area (Å²) in [5.41, 5.74) is 1.65. The molecule has 0 atom stereocenters. The summed E-state index contributed by atoms with van der Waals surface area (Å²) in [5, 5.41) is 12.2. The lowest BCUT2D eigenvalue weighted by atomic mass is 10.3. The van der Waals surface area contributed by atoms with Crippen LogP contribution in [0.25, 0.3) is 5.69 Å². The Balaban J connectivity index is 1.88. The zero-order chi connectivity index (χ0) is 19.1. The van der Waals surface area contributed by atoms with Crippen molar-refractivity contribution >= 4 is 29.3 Å². The number of methoxy groups -OCH3 is 1. The molecule has 10 heteroatoms. The van der Waals surface area contributed by atoms with E-state index in [1.807, 2.05) is 12.1 Å². The van der Waals surface area contributed by atoms with Gasteiger partial charge in [-0.25, -0.2) is 14.6 Å². The molecule has 0 spiro atoms. The molecule has 1 aromatic carbocycles. The van der Waals surface area contributed by atoms with Crippen LogP contribution in [0.3, 0.4) is 0 Å². The number of rotatable bonds is 8. The summed E-state index contributed by atoms with van der Waals surface area (Å²) in [6, 6.07) is 8.90. The van der Waals surface area contributed by atoms with Gasteiger partial charge in [-0.2, -0.15) is 0 Å². The summed E-state index contributed by atoms with van der Waals surface area (Å²) in [4.78, 5) is 20.9. The third kappa shape index (κ3) is 5.03. The van der Waals surface area contributed by atoms with Crippen molar-refractivity contribution in [1.82, 2.24) is 30.3 Å². The van der Waals surface area contributed by atoms with Crippen molar-refractivity contribution in [3.63, 3.8) is 0 Å². The van der Waals surface area contributed by atoms with E-state index in [0.717, 1.165) is 5.69 Å². The second-order valence-electron chi connectivity index (χ2n) is 5.34. The maximum Gasteiger partial charge on any atom is 0.273 e. The van der Waals surface area contributed by atoms with Crippen molar-refractivity contribution < 1.29 is 9.53 Å². The van der Waals surface area contributed by atoms with Crippen molar-refractivity contribution in [2.45, 2.75) is 10.9 Å². The molecule has 3 aromatic rings. The number of benzene rings is 1. The van der Waals surface area contributed by atoms with Gasteiger partial charge in [0.2, 0.25) is 0 Å². The zero-order valence-electron chi connectivity index (χ0n) is 14.5. The van der Waals surface area contributed by atoms with Gasteiger partial charge in [0, 0.05) is 36.8 Å². The van der Waals surface area contributed by atoms with Gasteiger partial charge in [0.05, 0.1) is 18.0 Å². The number of carbonyl (C=O) groups is 1. The minimum Gasteiger partial charge on any atom is -0.383 e. The summed E-state index contributed by atoms with van der Waals surface area (Å²) >= 11 is 7.36. The van der Waals surface area contributed by atoms with Crippen LogP contribution < -0.4 is 5.32 Å². The highest BCUT2D eigenvalue weighted by Gasteiger charge is 2.21. The zero-order valence-corrected chi connectivity index (χ0v) is 16.1. The lowest BCUT2D eigenvalue weighted by molar-refractivity contribution is 0.0931. The summed E-state index contributed by atoms with van der Waals surface area (Å²) < 4.78 is 6.58. The van der Waals surface area contributed by atoms with E-state index in [1.54, 1.807) is 42.4 Å². The van der Waals surface area contributed by atoms with Crippen molar-refractivity contribution in [3.05, 3.63) is 59.1 Å². The van der Waals surface area contributed by atoms with Crippen molar-refractivity contribution in [2.24, 2.45) is 0 Å². The molecule has 27 heavy (non-hydrogen) atoms. The summed E-state index contributed by atoms with van der Waals surface area (Å²) in [5.74, 6) is 0.115. The second-order valence-corrected chi connectivity index (χ2v) is 6.72. The van der Waals surface area contributed by atoms with Crippen LogP contribution in [0.2, 0.25) is 5.02 Å². The molecule has 140 valence electrons. The quantitative estimate of drug-likeness (QED) is 0.350. The number of amides is 1. The van der Waals surface area contributed by atoms with Gasteiger partial charge in [0.1, 0.15) is 0 Å². The maximum absolute atomic E-state index is 12.5. The van der Waals surface area contributed by atoms with Gasteiger partial charge in [-0.1, -0.05) is 28.6 Å². The molecule has 0 unspecified atom stereocenters. The highest BCUT2D eigenvalue weighted by molar-refractivity contribution is 7.98. The molecule has 2 heterocycles. The van der Waals surface area contributed by atoms with Crippen LogP contribution in [-0.2, 0) is 10.5 Å². The molecule has 3 rings (SSSR count). The molecular formula is C17H17ClN6O2S. The first-order chi connectivity index (χ1) is 13.2. The predicted molar refractivity (Wildman–Crippen MR) is 102 cm³/mol. The number of nitrogens with one attached hydrogen (secondary N) is 1. The van der Waals surface area contributed by atoms with Gasteiger partial charge in [0.25, 0.3) is 5.91 Å². The Morgan fingerprint density at radius 3 is 2.70 bits per heavy atom. The molecule has 8 nitrogen and oxygen atoms in total. The van der Waals surface area contributed by atoms with Gasteiger partial charge >= 0.3 is 0 Å². The molecule has 0 radical (unpaired) electrons. The number of carbonyl (C=O) groups excluding carboxylic acids is 1. The van der Waals surface area contributed by atoms with Gasteiger partial charge < -0.3 is 10.1 Å². The van der Waals surface area contributed by atoms with Crippen LogP contribution in [0.4, 0.5) is 0 Å². The predicted octanol–water partition coefficient (Wildman–Crippen LogP) is 2.38. The van der Waals surface area contributed by atoms with E-state index in [2.05, 4.69) is 25.6 Å². The first-order valence-electron chi connectivity index (χ1n) is 8.06. The Bertz CT molecular complexity index is 888. The van der Waals surface area contributed by atoms with Crippen LogP contribution in [0.5, 0.6) is 0 Å². The molecule has 2 aromatic heterocycles. The maximum atomic E-state index is 12.5. The van der Waals surface area contributed by atoms with Crippen LogP contribution in [0.1, 0.15) is 16.2 Å². The van der Waals surface area contributed by atoms with Crippen molar-refractivity contribution in [2.75, 3.05) is 20.3 Å². The molecule has 0 aliphatic carbocycles. The van der Waals surface area contributed by atoms with Crippen molar-refractivity contribution in [1.29, 1.82) is 0 Å². The van der Waals surface area contributed by atoms with Gasteiger partial charge in [-0.3, -0.25) is 4.79 Å². The Hall–Kier alpha value is -2.49. The molecule has 0 saturated heterocycles. The van der Waals surface area contributed by atoms with Gasteiger partial charge in [-0.15, -0.1) is 5.10 Å². The first kappa shape index (κ1) is 19.3. The fourth-order valence-corrected chi connectivity index (χ4v) is 3.16. The average molecular weight is 405 g/mol. The molecule has 0 fully saturated rings. The third-order valence-electron chi connectivity index (χ3n) is 3.52. The number of halogens is 1. The third-order valence-corrected chi connectivity index (χ3v) is 4.66. The van der Waals surface area contributed by atoms with E-state index in [1.165, 1.54) is 11.8 Å². The average Bonchev–Trinajstić information content (AvgIpc) is 3.12. The Kier molecular flexibility index (Phi) is 6.74. The van der Waals surface area contributed by atoms with Crippen molar-refractivity contribution in [3.8, 4) is 5.69 Å². The molecule has 0 saturated carbocycles. The number of hydrogen-bond acceptors (Lipinski definition) is 7. The number of ether oxygens (including phenoxy) is 1. The lowest BCUT2D eigenvalue weighted by Gasteiger charge is -2.08. The monoisotopic (exact) mass is 404 g/mol. The van der Waals surface area contributed by atoms with Crippen LogP contribution in [0, 0.1) is 0 Å². The fraction of sp³-hybridized carbons (Fsp3) is 0.235. The summed E-state index contributed by atoms with van der Waals surface area (Å²) in [6.07, 6.45) is 3.34. The van der Waals surface area contributed by atoms with Crippen LogP contribution >= 0.6 is 23.4 Å². The van der Waals surface area contributed by atoms with E-state index >= 15 is 0 Å². The second kappa shape index (κ2) is 9.45. The van der Waals surface area contributed by atoms with Gasteiger partial charge in [-0.05, 0) is 30.3 Å². The Labute approximate surface area is 165 Å².